The van der Waals surface area contributed by atoms with E-state index in [9.17, 15) is 0 Å². The molecule has 0 spiro atoms. The van der Waals surface area contributed by atoms with Gasteiger partial charge in [0.05, 0.1) is 6.61 Å². The van der Waals surface area contributed by atoms with Gasteiger partial charge in [-0.1, -0.05) is 25.0 Å². The van der Waals surface area contributed by atoms with Crippen LogP contribution in [0.25, 0.3) is 0 Å². The molecule has 0 saturated carbocycles. The molecule has 1 aromatic rings. The van der Waals surface area contributed by atoms with Crippen LogP contribution in [0.15, 0.2) is 24.3 Å². The molecule has 0 aliphatic carbocycles. The van der Waals surface area contributed by atoms with E-state index in [1.807, 2.05) is 31.2 Å². The highest BCUT2D eigenvalue weighted by atomic mass is 16.5. The van der Waals surface area contributed by atoms with Crippen LogP contribution in [0.1, 0.15) is 18.9 Å². The van der Waals surface area contributed by atoms with Crippen molar-refractivity contribution in [2.75, 3.05) is 13.2 Å². The summed E-state index contributed by atoms with van der Waals surface area (Å²) in [6.07, 6.45) is 6.03. The minimum atomic E-state index is 0.160. The van der Waals surface area contributed by atoms with Crippen LogP contribution in [0.4, 0.5) is 0 Å². The van der Waals surface area contributed by atoms with Crippen molar-refractivity contribution in [2.24, 2.45) is 0 Å². The molecule has 0 bridgehead atoms. The van der Waals surface area contributed by atoms with Crippen LogP contribution in [-0.2, 0) is 6.54 Å². The lowest BCUT2D eigenvalue weighted by atomic mass is 10.2. The molecule has 3 heteroatoms. The second kappa shape index (κ2) is 7.72. The molecule has 0 amide bonds. The van der Waals surface area contributed by atoms with E-state index in [-0.39, 0.29) is 12.6 Å². The number of aliphatic hydroxyl groups excluding tert-OH is 1. The highest BCUT2D eigenvalue weighted by Gasteiger charge is 2.03. The molecule has 0 saturated heterocycles. The molecule has 1 atom stereocenters. The molecular weight excluding hydrogens is 214 g/mol. The fourth-order valence-corrected chi connectivity index (χ4v) is 1.43. The number of ether oxygens (including phenoxy) is 1. The van der Waals surface area contributed by atoms with Crippen LogP contribution >= 0.6 is 0 Å². The van der Waals surface area contributed by atoms with Gasteiger partial charge in [-0.15, -0.1) is 6.42 Å². The maximum Gasteiger partial charge on any atom is 0.148 e. The summed E-state index contributed by atoms with van der Waals surface area (Å²) in [6.45, 7) is 3.25. The third kappa shape index (κ3) is 4.90. The Morgan fingerprint density at radius 2 is 2.12 bits per heavy atom. The minimum absolute atomic E-state index is 0.160. The van der Waals surface area contributed by atoms with Crippen molar-refractivity contribution in [1.29, 1.82) is 0 Å². The van der Waals surface area contributed by atoms with Crippen LogP contribution in [0.3, 0.4) is 0 Å². The summed E-state index contributed by atoms with van der Waals surface area (Å²) in [5.41, 5.74) is 1.16. The number of benzene rings is 1. The third-order valence-corrected chi connectivity index (χ3v) is 2.55. The number of hydrogen-bond donors (Lipinski definition) is 2. The normalized spacial score (nSPS) is 11.8. The first-order valence-electron chi connectivity index (χ1n) is 5.79. The van der Waals surface area contributed by atoms with Crippen molar-refractivity contribution in [3.05, 3.63) is 29.8 Å². The SMILES string of the molecule is C#CCOc1ccc(CNC(CC)CO)cc1. The number of terminal acetylenes is 1. The second-order valence-corrected chi connectivity index (χ2v) is 3.81. The summed E-state index contributed by atoms with van der Waals surface area (Å²) in [5.74, 6) is 3.20. The van der Waals surface area contributed by atoms with Crippen LogP contribution in [-0.4, -0.2) is 24.4 Å². The summed E-state index contributed by atoms with van der Waals surface area (Å²) in [7, 11) is 0. The molecule has 2 N–H and O–H groups in total. The Kier molecular flexibility index (Phi) is 6.16. The van der Waals surface area contributed by atoms with Crippen molar-refractivity contribution < 1.29 is 9.84 Å². The smallest absolute Gasteiger partial charge is 0.148 e. The topological polar surface area (TPSA) is 41.5 Å². The van der Waals surface area contributed by atoms with Gasteiger partial charge in [0.25, 0.3) is 0 Å². The molecule has 92 valence electrons. The van der Waals surface area contributed by atoms with Gasteiger partial charge in [-0.25, -0.2) is 0 Å². The lowest BCUT2D eigenvalue weighted by molar-refractivity contribution is 0.238. The Hall–Kier alpha value is -1.50. The van der Waals surface area contributed by atoms with E-state index < -0.39 is 0 Å². The van der Waals surface area contributed by atoms with Gasteiger partial charge in [-0.2, -0.15) is 0 Å². The molecule has 1 rings (SSSR count). The van der Waals surface area contributed by atoms with Crippen molar-refractivity contribution in [2.45, 2.75) is 25.9 Å². The van der Waals surface area contributed by atoms with Crippen molar-refractivity contribution in [3.63, 3.8) is 0 Å². The first kappa shape index (κ1) is 13.6. The predicted octanol–water partition coefficient (Wildman–Crippen LogP) is 1.56. The number of hydrogen-bond acceptors (Lipinski definition) is 3. The van der Waals surface area contributed by atoms with Crippen molar-refractivity contribution >= 4 is 0 Å². The molecule has 3 nitrogen and oxygen atoms in total. The second-order valence-electron chi connectivity index (χ2n) is 3.81. The van der Waals surface area contributed by atoms with Gasteiger partial charge < -0.3 is 15.2 Å². The van der Waals surface area contributed by atoms with Gasteiger partial charge in [-0.3, -0.25) is 0 Å². The van der Waals surface area contributed by atoms with Crippen LogP contribution < -0.4 is 10.1 Å². The molecular formula is C14H19NO2. The van der Waals surface area contributed by atoms with Gasteiger partial charge in [-0.05, 0) is 24.1 Å². The Bertz CT molecular complexity index is 349. The Morgan fingerprint density at radius 1 is 1.41 bits per heavy atom. The monoisotopic (exact) mass is 233 g/mol. The van der Waals surface area contributed by atoms with Crippen molar-refractivity contribution in [1.82, 2.24) is 5.32 Å². The van der Waals surface area contributed by atoms with E-state index in [1.165, 1.54) is 0 Å². The van der Waals surface area contributed by atoms with Gasteiger partial charge in [0.15, 0.2) is 0 Å². The largest absolute Gasteiger partial charge is 0.481 e. The molecule has 0 aliphatic rings. The van der Waals surface area contributed by atoms with Crippen LogP contribution in [0.5, 0.6) is 5.75 Å². The van der Waals surface area contributed by atoms with Gasteiger partial charge in [0, 0.05) is 12.6 Å². The predicted molar refractivity (Wildman–Crippen MR) is 68.8 cm³/mol. The number of rotatable bonds is 7. The molecule has 0 aromatic heterocycles. The van der Waals surface area contributed by atoms with Gasteiger partial charge in [0.1, 0.15) is 12.4 Å². The van der Waals surface area contributed by atoms with Gasteiger partial charge >= 0.3 is 0 Å². The molecule has 0 radical (unpaired) electrons. The van der Waals surface area contributed by atoms with Crippen LogP contribution in [0.2, 0.25) is 0 Å². The zero-order valence-electron chi connectivity index (χ0n) is 10.1. The van der Waals surface area contributed by atoms with Crippen LogP contribution in [0, 0.1) is 12.3 Å². The van der Waals surface area contributed by atoms with E-state index in [0.717, 1.165) is 24.3 Å². The first-order valence-corrected chi connectivity index (χ1v) is 5.79. The molecule has 1 unspecified atom stereocenters. The third-order valence-electron chi connectivity index (χ3n) is 2.55. The zero-order chi connectivity index (χ0) is 12.5. The summed E-state index contributed by atoms with van der Waals surface area (Å²) in [6, 6.07) is 7.93. The highest BCUT2D eigenvalue weighted by molar-refractivity contribution is 5.27. The van der Waals surface area contributed by atoms with E-state index in [1.54, 1.807) is 0 Å². The van der Waals surface area contributed by atoms with E-state index in [4.69, 9.17) is 16.3 Å². The number of aliphatic hydroxyl groups is 1. The maximum atomic E-state index is 9.04. The Morgan fingerprint density at radius 3 is 2.65 bits per heavy atom. The Balaban J connectivity index is 2.42. The standard InChI is InChI=1S/C14H19NO2/c1-3-9-17-14-7-5-12(6-8-14)10-15-13(4-2)11-16/h1,5-8,13,15-16H,4,9-11H2,2H3. The van der Waals surface area contributed by atoms with E-state index >= 15 is 0 Å². The fraction of sp³-hybridized carbons (Fsp3) is 0.429. The quantitative estimate of drug-likeness (QED) is 0.702. The summed E-state index contributed by atoms with van der Waals surface area (Å²) >= 11 is 0. The molecule has 17 heavy (non-hydrogen) atoms. The minimum Gasteiger partial charge on any atom is -0.481 e. The summed E-state index contributed by atoms with van der Waals surface area (Å²) in [5, 5.41) is 12.3. The molecule has 1 aromatic carbocycles. The lowest BCUT2D eigenvalue weighted by Gasteiger charge is -2.14. The molecule has 0 aliphatic heterocycles. The molecule has 0 fully saturated rings. The maximum absolute atomic E-state index is 9.04. The summed E-state index contributed by atoms with van der Waals surface area (Å²) < 4.78 is 5.28. The number of nitrogens with one attached hydrogen (secondary N) is 1. The fourth-order valence-electron chi connectivity index (χ4n) is 1.43. The first-order chi connectivity index (χ1) is 8.30. The summed E-state index contributed by atoms with van der Waals surface area (Å²) in [4.78, 5) is 0. The Labute approximate surface area is 103 Å². The average molecular weight is 233 g/mol. The van der Waals surface area contributed by atoms with E-state index in [2.05, 4.69) is 11.2 Å². The van der Waals surface area contributed by atoms with Gasteiger partial charge in [0.2, 0.25) is 0 Å². The molecule has 0 heterocycles. The van der Waals surface area contributed by atoms with E-state index in [0.29, 0.717) is 6.61 Å². The lowest BCUT2D eigenvalue weighted by Crippen LogP contribution is -2.31. The van der Waals surface area contributed by atoms with Crippen molar-refractivity contribution in [3.8, 4) is 18.1 Å². The highest BCUT2D eigenvalue weighted by Crippen LogP contribution is 2.12. The average Bonchev–Trinajstić information content (AvgIpc) is 2.39. The zero-order valence-corrected chi connectivity index (χ0v) is 10.1.